The lowest BCUT2D eigenvalue weighted by atomic mass is 10.0. The van der Waals surface area contributed by atoms with Gasteiger partial charge < -0.3 is 25.1 Å². The topological polar surface area (TPSA) is 108 Å². The molecule has 0 saturated carbocycles. The van der Waals surface area contributed by atoms with E-state index in [4.69, 9.17) is 16.6 Å². The Labute approximate surface area is 225 Å². The van der Waals surface area contributed by atoms with E-state index in [9.17, 15) is 14.7 Å². The minimum atomic E-state index is -0.980. The number of amides is 1. The number of aryl methyl sites for hydroxylation is 1. The van der Waals surface area contributed by atoms with Crippen LogP contribution in [0.5, 0.6) is 0 Å². The van der Waals surface area contributed by atoms with Crippen molar-refractivity contribution in [2.75, 3.05) is 10.2 Å². The van der Waals surface area contributed by atoms with E-state index in [0.717, 1.165) is 28.2 Å². The average Bonchev–Trinajstić information content (AvgIpc) is 3.55. The van der Waals surface area contributed by atoms with Crippen molar-refractivity contribution < 1.29 is 19.1 Å². The molecule has 3 N–H and O–H groups in total. The smallest absolute Gasteiger partial charge is 0.335 e. The average molecular weight is 527 g/mol. The summed E-state index contributed by atoms with van der Waals surface area (Å²) in [4.78, 5) is 29.7. The summed E-state index contributed by atoms with van der Waals surface area (Å²) in [6.07, 6.45) is 2.14. The van der Waals surface area contributed by atoms with Crippen molar-refractivity contribution in [3.8, 4) is 11.3 Å². The van der Waals surface area contributed by atoms with E-state index < -0.39 is 5.97 Å². The standard InChI is InChI=1S/C29H26N4O4S/c1-3-25(34)31-21-12-11-20(16-17(21)2)33-27(26(32-29(33)38)22-6-4-5-15-30-22)24-14-13-23(37-24)18-7-9-19(10-8-18)28(35)36/h4-16,26-27H,3H2,1-2H3,(H,31,34)(H,32,38)(H,35,36)/t26-,27+/m1/s1. The summed E-state index contributed by atoms with van der Waals surface area (Å²) in [6.45, 7) is 3.76. The number of nitrogens with one attached hydrogen (secondary N) is 2. The lowest BCUT2D eigenvalue weighted by molar-refractivity contribution is -0.115. The SMILES string of the molecule is CCC(=O)Nc1ccc(N2C(=S)N[C@H](c3ccccn3)[C@@H]2c2ccc(-c3ccc(C(=O)O)cc3)o2)cc1C. The zero-order chi connectivity index (χ0) is 26.8. The van der Waals surface area contributed by atoms with Crippen LogP contribution in [-0.4, -0.2) is 27.1 Å². The number of carbonyl (C=O) groups is 2. The van der Waals surface area contributed by atoms with Gasteiger partial charge in [0.15, 0.2) is 5.11 Å². The van der Waals surface area contributed by atoms with Gasteiger partial charge in [-0.05, 0) is 79.3 Å². The highest BCUT2D eigenvalue weighted by Gasteiger charge is 2.42. The maximum Gasteiger partial charge on any atom is 0.335 e. The number of rotatable bonds is 7. The molecular formula is C29H26N4O4S. The van der Waals surface area contributed by atoms with E-state index in [2.05, 4.69) is 15.6 Å². The Balaban J connectivity index is 1.54. The highest BCUT2D eigenvalue weighted by Crippen LogP contribution is 2.43. The summed E-state index contributed by atoms with van der Waals surface area (Å²) < 4.78 is 6.35. The van der Waals surface area contributed by atoms with E-state index >= 15 is 0 Å². The largest absolute Gasteiger partial charge is 0.478 e. The minimum Gasteiger partial charge on any atom is -0.478 e. The molecule has 0 radical (unpaired) electrons. The summed E-state index contributed by atoms with van der Waals surface area (Å²) in [5.74, 6) is 0.257. The second-order valence-electron chi connectivity index (χ2n) is 8.98. The van der Waals surface area contributed by atoms with Crippen molar-refractivity contribution in [3.63, 3.8) is 0 Å². The molecule has 0 bridgehead atoms. The van der Waals surface area contributed by atoms with Crippen LogP contribution < -0.4 is 15.5 Å². The van der Waals surface area contributed by atoms with Gasteiger partial charge in [0.25, 0.3) is 0 Å². The van der Waals surface area contributed by atoms with Crippen LogP contribution in [0.15, 0.2) is 83.4 Å². The van der Waals surface area contributed by atoms with Crippen LogP contribution in [0, 0.1) is 6.92 Å². The zero-order valence-electron chi connectivity index (χ0n) is 20.8. The van der Waals surface area contributed by atoms with Crippen molar-refractivity contribution in [1.82, 2.24) is 10.3 Å². The molecule has 0 unspecified atom stereocenters. The highest BCUT2D eigenvalue weighted by atomic mass is 32.1. The Morgan fingerprint density at radius 1 is 1.11 bits per heavy atom. The molecule has 1 aliphatic rings. The molecule has 5 rings (SSSR count). The predicted molar refractivity (Wildman–Crippen MR) is 149 cm³/mol. The molecule has 0 aliphatic carbocycles. The van der Waals surface area contributed by atoms with Crippen molar-refractivity contribution in [1.29, 1.82) is 0 Å². The third-order valence-electron chi connectivity index (χ3n) is 6.52. The van der Waals surface area contributed by atoms with Crippen LogP contribution in [0.2, 0.25) is 0 Å². The molecule has 9 heteroatoms. The summed E-state index contributed by atoms with van der Waals surface area (Å²) in [6, 6.07) is 21.2. The number of hydrogen-bond donors (Lipinski definition) is 3. The summed E-state index contributed by atoms with van der Waals surface area (Å²) in [5.41, 5.74) is 4.30. The number of carboxylic acid groups (broad SMARTS) is 1. The van der Waals surface area contributed by atoms with E-state index in [1.165, 1.54) is 0 Å². The molecule has 1 saturated heterocycles. The molecule has 2 atom stereocenters. The zero-order valence-corrected chi connectivity index (χ0v) is 21.7. The molecule has 38 heavy (non-hydrogen) atoms. The van der Waals surface area contributed by atoms with Crippen molar-refractivity contribution in [2.24, 2.45) is 0 Å². The molecule has 0 spiro atoms. The van der Waals surface area contributed by atoms with Gasteiger partial charge in [0, 0.05) is 29.6 Å². The number of benzene rings is 2. The Morgan fingerprint density at radius 3 is 2.55 bits per heavy atom. The quantitative estimate of drug-likeness (QED) is 0.257. The van der Waals surface area contributed by atoms with Crippen LogP contribution in [-0.2, 0) is 4.79 Å². The van der Waals surface area contributed by atoms with Crippen LogP contribution in [0.25, 0.3) is 11.3 Å². The van der Waals surface area contributed by atoms with Crippen LogP contribution in [0.3, 0.4) is 0 Å². The fraction of sp³-hybridized carbons (Fsp3) is 0.172. The number of pyridine rings is 1. The Morgan fingerprint density at radius 2 is 1.89 bits per heavy atom. The molecule has 4 aromatic rings. The Bertz CT molecular complexity index is 1500. The van der Waals surface area contributed by atoms with E-state index in [1.807, 2.05) is 67.3 Å². The van der Waals surface area contributed by atoms with Gasteiger partial charge in [0.2, 0.25) is 5.91 Å². The molecule has 1 aliphatic heterocycles. The number of furan rings is 1. The second kappa shape index (κ2) is 10.5. The molecule has 3 heterocycles. The number of anilines is 2. The van der Waals surface area contributed by atoms with Gasteiger partial charge in [0.1, 0.15) is 17.6 Å². The van der Waals surface area contributed by atoms with Gasteiger partial charge in [-0.2, -0.15) is 0 Å². The number of aromatic carboxylic acids is 1. The van der Waals surface area contributed by atoms with Gasteiger partial charge in [-0.3, -0.25) is 9.78 Å². The first kappa shape index (κ1) is 25.2. The Hall–Kier alpha value is -4.50. The summed E-state index contributed by atoms with van der Waals surface area (Å²) >= 11 is 5.80. The maximum absolute atomic E-state index is 11.9. The number of hydrogen-bond acceptors (Lipinski definition) is 5. The number of carbonyl (C=O) groups excluding carboxylic acids is 1. The molecular weight excluding hydrogens is 500 g/mol. The van der Waals surface area contributed by atoms with Crippen molar-refractivity contribution in [2.45, 2.75) is 32.4 Å². The molecule has 1 fully saturated rings. The molecule has 192 valence electrons. The number of carboxylic acids is 1. The normalized spacial score (nSPS) is 16.8. The highest BCUT2D eigenvalue weighted by molar-refractivity contribution is 7.80. The second-order valence-corrected chi connectivity index (χ2v) is 9.37. The molecule has 8 nitrogen and oxygen atoms in total. The first-order valence-corrected chi connectivity index (χ1v) is 12.6. The summed E-state index contributed by atoms with van der Waals surface area (Å²) in [5, 5.41) is 16.1. The number of aromatic nitrogens is 1. The predicted octanol–water partition coefficient (Wildman–Crippen LogP) is 5.87. The van der Waals surface area contributed by atoms with Crippen molar-refractivity contribution >= 4 is 40.6 Å². The number of nitrogens with zero attached hydrogens (tertiary/aromatic N) is 2. The number of thiocarbonyl (C=S) groups is 1. The van der Waals surface area contributed by atoms with Gasteiger partial charge in [-0.15, -0.1) is 0 Å². The van der Waals surface area contributed by atoms with E-state index in [0.29, 0.717) is 23.1 Å². The van der Waals surface area contributed by atoms with Crippen LogP contribution in [0.4, 0.5) is 11.4 Å². The van der Waals surface area contributed by atoms with Gasteiger partial charge >= 0.3 is 5.97 Å². The fourth-order valence-corrected chi connectivity index (χ4v) is 4.89. The van der Waals surface area contributed by atoms with E-state index in [-0.39, 0.29) is 23.6 Å². The summed E-state index contributed by atoms with van der Waals surface area (Å²) in [7, 11) is 0. The fourth-order valence-electron chi connectivity index (χ4n) is 4.54. The minimum absolute atomic E-state index is 0.0493. The third kappa shape index (κ3) is 4.88. The first-order chi connectivity index (χ1) is 18.4. The van der Waals surface area contributed by atoms with Gasteiger partial charge in [0.05, 0.1) is 17.3 Å². The maximum atomic E-state index is 11.9. The van der Waals surface area contributed by atoms with E-state index in [1.54, 1.807) is 30.5 Å². The molecule has 2 aromatic heterocycles. The third-order valence-corrected chi connectivity index (χ3v) is 6.83. The monoisotopic (exact) mass is 526 g/mol. The first-order valence-electron chi connectivity index (χ1n) is 12.2. The van der Waals surface area contributed by atoms with Gasteiger partial charge in [-0.25, -0.2) is 4.79 Å². The van der Waals surface area contributed by atoms with Crippen LogP contribution in [0.1, 0.15) is 52.8 Å². The lowest BCUT2D eigenvalue weighted by Crippen LogP contribution is -2.29. The molecule has 2 aromatic carbocycles. The van der Waals surface area contributed by atoms with Crippen LogP contribution >= 0.6 is 12.2 Å². The Kier molecular flexibility index (Phi) is 6.93. The van der Waals surface area contributed by atoms with Gasteiger partial charge in [-0.1, -0.05) is 25.1 Å². The molecule has 1 amide bonds. The lowest BCUT2D eigenvalue weighted by Gasteiger charge is -2.26. The van der Waals surface area contributed by atoms with Crippen molar-refractivity contribution in [3.05, 3.63) is 102 Å².